The molecule has 0 unspecified atom stereocenters. The number of aliphatic hydroxyl groups excluding tert-OH is 1. The molecule has 0 spiro atoms. The van der Waals surface area contributed by atoms with E-state index >= 15 is 0 Å². The summed E-state index contributed by atoms with van der Waals surface area (Å²) in [6.45, 7) is 5.55. The molecule has 0 saturated carbocycles. The van der Waals surface area contributed by atoms with Crippen LogP contribution in [0, 0.1) is 13.8 Å². The van der Waals surface area contributed by atoms with Gasteiger partial charge in [-0.2, -0.15) is 13.2 Å². The standard InChI is InChI=1S/C35H32F3N5O2/c1-21-9-10-28(40-33(45)23-5-3-6-26(17-23)35(36,37)38)19-31(21)24-15-22(2)32-25(16-24)20-39-34(42-32)41-27-7-4-8-29(18-27)43-13-11-30(44)12-14-43/h3-10,15-20,30,44H,11-14H2,1-2H3,(H,40,45)(H,39,41,42). The smallest absolute Gasteiger partial charge is 0.393 e. The van der Waals surface area contributed by atoms with Crippen molar-refractivity contribution in [3.05, 3.63) is 107 Å². The Morgan fingerprint density at radius 1 is 0.911 bits per heavy atom. The van der Waals surface area contributed by atoms with Gasteiger partial charge in [0.15, 0.2) is 0 Å². The highest BCUT2D eigenvalue weighted by molar-refractivity contribution is 6.04. The molecule has 6 rings (SSSR count). The summed E-state index contributed by atoms with van der Waals surface area (Å²) in [7, 11) is 0. The lowest BCUT2D eigenvalue weighted by atomic mass is 9.96. The molecule has 0 bridgehead atoms. The molecule has 0 radical (unpaired) electrons. The second-order valence-corrected chi connectivity index (χ2v) is 11.4. The molecule has 0 aliphatic carbocycles. The van der Waals surface area contributed by atoms with Crippen LogP contribution in [-0.2, 0) is 6.18 Å². The van der Waals surface area contributed by atoms with Gasteiger partial charge < -0.3 is 20.6 Å². The summed E-state index contributed by atoms with van der Waals surface area (Å²) in [5, 5.41) is 16.7. The normalized spacial score (nSPS) is 14.0. The summed E-state index contributed by atoms with van der Waals surface area (Å²) in [6.07, 6.45) is -1.49. The molecule has 1 aliphatic rings. The summed E-state index contributed by atoms with van der Waals surface area (Å²) >= 11 is 0. The minimum Gasteiger partial charge on any atom is -0.393 e. The highest BCUT2D eigenvalue weighted by atomic mass is 19.4. The molecule has 7 nitrogen and oxygen atoms in total. The van der Waals surface area contributed by atoms with E-state index in [1.54, 1.807) is 12.3 Å². The van der Waals surface area contributed by atoms with E-state index in [4.69, 9.17) is 4.98 Å². The summed E-state index contributed by atoms with van der Waals surface area (Å²) in [4.78, 5) is 24.4. The Labute approximate surface area is 258 Å². The number of aryl methyl sites for hydroxylation is 2. The van der Waals surface area contributed by atoms with Crippen LogP contribution in [0.15, 0.2) is 85.1 Å². The predicted molar refractivity (Wildman–Crippen MR) is 171 cm³/mol. The molecule has 4 aromatic carbocycles. The molecule has 230 valence electrons. The van der Waals surface area contributed by atoms with Crippen LogP contribution in [0.5, 0.6) is 0 Å². The molecule has 3 N–H and O–H groups in total. The number of halogens is 3. The van der Waals surface area contributed by atoms with Crippen molar-refractivity contribution in [2.75, 3.05) is 28.6 Å². The molecule has 1 aliphatic heterocycles. The average Bonchev–Trinajstić information content (AvgIpc) is 3.02. The topological polar surface area (TPSA) is 90.4 Å². The Balaban J connectivity index is 1.22. The van der Waals surface area contributed by atoms with Crippen LogP contribution in [0.1, 0.15) is 39.9 Å². The molecule has 10 heteroatoms. The van der Waals surface area contributed by atoms with Crippen LogP contribution in [-0.4, -0.2) is 40.2 Å². The van der Waals surface area contributed by atoms with Gasteiger partial charge in [0.05, 0.1) is 17.2 Å². The zero-order valence-corrected chi connectivity index (χ0v) is 24.8. The molecule has 2 heterocycles. The van der Waals surface area contributed by atoms with Crippen molar-refractivity contribution in [2.45, 2.75) is 39.0 Å². The van der Waals surface area contributed by atoms with Crippen LogP contribution >= 0.6 is 0 Å². The van der Waals surface area contributed by atoms with Gasteiger partial charge in [0.1, 0.15) is 0 Å². The van der Waals surface area contributed by atoms with Crippen LogP contribution in [0.2, 0.25) is 0 Å². The number of hydrogen-bond donors (Lipinski definition) is 3. The first-order chi connectivity index (χ1) is 21.5. The van der Waals surface area contributed by atoms with Crippen molar-refractivity contribution in [1.29, 1.82) is 0 Å². The highest BCUT2D eigenvalue weighted by Crippen LogP contribution is 2.33. The average molecular weight is 612 g/mol. The van der Waals surface area contributed by atoms with E-state index in [0.29, 0.717) is 11.6 Å². The minimum atomic E-state index is -4.54. The number of amides is 1. The summed E-state index contributed by atoms with van der Waals surface area (Å²) in [5.41, 5.74) is 5.93. The molecular formula is C35H32F3N5O2. The van der Waals surface area contributed by atoms with Crippen molar-refractivity contribution in [3.8, 4) is 11.1 Å². The molecule has 1 aromatic heterocycles. The van der Waals surface area contributed by atoms with Gasteiger partial charge in [-0.15, -0.1) is 0 Å². The van der Waals surface area contributed by atoms with Crippen molar-refractivity contribution < 1.29 is 23.1 Å². The number of anilines is 4. The van der Waals surface area contributed by atoms with E-state index in [1.807, 2.05) is 50.2 Å². The number of fused-ring (bicyclic) bond motifs is 1. The van der Waals surface area contributed by atoms with Crippen LogP contribution in [0.25, 0.3) is 22.0 Å². The van der Waals surface area contributed by atoms with Crippen molar-refractivity contribution >= 4 is 39.8 Å². The lowest BCUT2D eigenvalue weighted by Gasteiger charge is -2.31. The molecule has 1 fully saturated rings. The zero-order chi connectivity index (χ0) is 31.7. The number of nitrogens with zero attached hydrogens (tertiary/aromatic N) is 3. The highest BCUT2D eigenvalue weighted by Gasteiger charge is 2.31. The van der Waals surface area contributed by atoms with Gasteiger partial charge in [0, 0.05) is 47.3 Å². The molecular weight excluding hydrogens is 579 g/mol. The van der Waals surface area contributed by atoms with Crippen molar-refractivity contribution in [1.82, 2.24) is 9.97 Å². The summed E-state index contributed by atoms with van der Waals surface area (Å²) in [5.74, 6) is -0.153. The maximum Gasteiger partial charge on any atom is 0.416 e. The van der Waals surface area contributed by atoms with E-state index < -0.39 is 17.6 Å². The van der Waals surface area contributed by atoms with Crippen molar-refractivity contribution in [3.63, 3.8) is 0 Å². The second-order valence-electron chi connectivity index (χ2n) is 11.4. The third kappa shape index (κ3) is 6.76. The van der Waals surface area contributed by atoms with Gasteiger partial charge in [0.25, 0.3) is 5.91 Å². The SMILES string of the molecule is Cc1ccc(NC(=O)c2cccc(C(F)(F)F)c2)cc1-c1cc(C)c2nc(Nc3cccc(N4CCC(O)CC4)c3)ncc2c1. The van der Waals surface area contributed by atoms with Gasteiger partial charge in [-0.3, -0.25) is 4.79 Å². The number of hydrogen-bond acceptors (Lipinski definition) is 6. The Bertz CT molecular complexity index is 1880. The van der Waals surface area contributed by atoms with Gasteiger partial charge in [-0.1, -0.05) is 18.2 Å². The molecule has 1 saturated heterocycles. The Hall–Kier alpha value is -4.96. The number of aliphatic hydroxyl groups is 1. The number of piperidine rings is 1. The lowest BCUT2D eigenvalue weighted by Crippen LogP contribution is -2.35. The first kappa shape index (κ1) is 30.1. The van der Waals surface area contributed by atoms with E-state index in [9.17, 15) is 23.1 Å². The fraction of sp³-hybridized carbons (Fsp3) is 0.229. The molecule has 1 amide bonds. The van der Waals surface area contributed by atoms with Gasteiger partial charge >= 0.3 is 6.18 Å². The number of aromatic nitrogens is 2. The molecule has 45 heavy (non-hydrogen) atoms. The van der Waals surface area contributed by atoms with E-state index in [0.717, 1.165) is 82.6 Å². The van der Waals surface area contributed by atoms with Crippen molar-refractivity contribution in [2.24, 2.45) is 0 Å². The van der Waals surface area contributed by atoms with E-state index in [-0.39, 0.29) is 11.7 Å². The number of rotatable bonds is 6. The number of nitrogens with one attached hydrogen (secondary N) is 2. The maximum atomic E-state index is 13.1. The number of carbonyl (C=O) groups is 1. The maximum absolute atomic E-state index is 13.1. The second kappa shape index (κ2) is 12.2. The lowest BCUT2D eigenvalue weighted by molar-refractivity contribution is -0.137. The number of carbonyl (C=O) groups excluding carboxylic acids is 1. The first-order valence-electron chi connectivity index (χ1n) is 14.7. The minimum absolute atomic E-state index is 0.0758. The van der Waals surface area contributed by atoms with Gasteiger partial charge in [0.2, 0.25) is 5.95 Å². The fourth-order valence-electron chi connectivity index (χ4n) is 5.62. The first-order valence-corrected chi connectivity index (χ1v) is 14.7. The van der Waals surface area contributed by atoms with Crippen LogP contribution in [0.4, 0.5) is 36.2 Å². The van der Waals surface area contributed by atoms with Gasteiger partial charge in [-0.05, 0) is 110 Å². The van der Waals surface area contributed by atoms with Crippen LogP contribution < -0.4 is 15.5 Å². The third-order valence-electron chi connectivity index (χ3n) is 8.06. The monoisotopic (exact) mass is 611 g/mol. The van der Waals surface area contributed by atoms with Crippen LogP contribution in [0.3, 0.4) is 0 Å². The quantitative estimate of drug-likeness (QED) is 0.181. The summed E-state index contributed by atoms with van der Waals surface area (Å²) < 4.78 is 39.4. The predicted octanol–water partition coefficient (Wildman–Crippen LogP) is 7.89. The number of alkyl halides is 3. The Morgan fingerprint density at radius 3 is 2.47 bits per heavy atom. The Morgan fingerprint density at radius 2 is 1.69 bits per heavy atom. The largest absolute Gasteiger partial charge is 0.416 e. The molecule has 5 aromatic rings. The number of benzene rings is 4. The van der Waals surface area contributed by atoms with E-state index in [2.05, 4.69) is 32.7 Å². The summed E-state index contributed by atoms with van der Waals surface area (Å²) in [6, 6.07) is 21.8. The molecule has 0 atom stereocenters. The third-order valence-corrected chi connectivity index (χ3v) is 8.06. The van der Waals surface area contributed by atoms with E-state index in [1.165, 1.54) is 12.1 Å². The fourth-order valence-corrected chi connectivity index (χ4v) is 5.62. The zero-order valence-electron chi connectivity index (χ0n) is 24.8. The Kier molecular flexibility index (Phi) is 8.16. The van der Waals surface area contributed by atoms with Gasteiger partial charge in [-0.25, -0.2) is 9.97 Å².